The van der Waals surface area contributed by atoms with E-state index < -0.39 is 0 Å². The van der Waals surface area contributed by atoms with Crippen LogP contribution in [0.15, 0.2) is 24.3 Å². The fraction of sp³-hybridized carbons (Fsp3) is 0.571. The van der Waals surface area contributed by atoms with E-state index in [-0.39, 0.29) is 11.9 Å². The maximum atomic E-state index is 12.8. The second-order valence-electron chi connectivity index (χ2n) is 5.09. The van der Waals surface area contributed by atoms with Crippen molar-refractivity contribution < 1.29 is 9.50 Å². The largest absolute Gasteiger partial charge is 0.390 e. The lowest BCUT2D eigenvalue weighted by molar-refractivity contribution is 0.116. The van der Waals surface area contributed by atoms with Crippen molar-refractivity contribution in [1.29, 1.82) is 0 Å². The molecule has 0 amide bonds. The van der Waals surface area contributed by atoms with Crippen LogP contribution < -0.4 is 0 Å². The van der Waals surface area contributed by atoms with E-state index in [2.05, 4.69) is 9.80 Å². The highest BCUT2D eigenvalue weighted by atomic mass is 19.1. The summed E-state index contributed by atoms with van der Waals surface area (Å²) in [7, 11) is 2.03. The summed E-state index contributed by atoms with van der Waals surface area (Å²) in [5.74, 6) is -0.189. The maximum absolute atomic E-state index is 12.8. The highest BCUT2D eigenvalue weighted by Gasteiger charge is 2.18. The van der Waals surface area contributed by atoms with Gasteiger partial charge in [-0.3, -0.25) is 4.90 Å². The Morgan fingerprint density at radius 3 is 2.67 bits per heavy atom. The molecule has 4 heteroatoms. The molecule has 1 N–H and O–H groups in total. The fourth-order valence-electron chi connectivity index (χ4n) is 2.35. The Labute approximate surface area is 108 Å². The van der Waals surface area contributed by atoms with Gasteiger partial charge >= 0.3 is 0 Å². The second kappa shape index (κ2) is 6.27. The predicted molar refractivity (Wildman–Crippen MR) is 70.0 cm³/mol. The first-order valence-corrected chi connectivity index (χ1v) is 6.47. The Balaban J connectivity index is 1.84. The van der Waals surface area contributed by atoms with E-state index in [0.29, 0.717) is 0 Å². The van der Waals surface area contributed by atoms with Crippen LogP contribution >= 0.6 is 0 Å². The van der Waals surface area contributed by atoms with Crippen LogP contribution in [-0.2, 0) is 6.42 Å². The van der Waals surface area contributed by atoms with Gasteiger partial charge in [0.1, 0.15) is 5.82 Å². The van der Waals surface area contributed by atoms with Crippen LogP contribution in [0.1, 0.15) is 5.56 Å². The molecule has 1 aliphatic heterocycles. The zero-order valence-corrected chi connectivity index (χ0v) is 10.8. The average Bonchev–Trinajstić information content (AvgIpc) is 2.49. The smallest absolute Gasteiger partial charge is 0.123 e. The van der Waals surface area contributed by atoms with Gasteiger partial charge in [0.05, 0.1) is 6.10 Å². The monoisotopic (exact) mass is 252 g/mol. The van der Waals surface area contributed by atoms with Crippen LogP contribution in [-0.4, -0.2) is 60.8 Å². The van der Waals surface area contributed by atoms with Crippen molar-refractivity contribution in [2.24, 2.45) is 0 Å². The van der Waals surface area contributed by atoms with Crippen LogP contribution in [0.2, 0.25) is 0 Å². The summed E-state index contributed by atoms with van der Waals surface area (Å²) >= 11 is 0. The Morgan fingerprint density at radius 1 is 1.22 bits per heavy atom. The van der Waals surface area contributed by atoms with E-state index in [1.165, 1.54) is 12.1 Å². The van der Waals surface area contributed by atoms with E-state index in [9.17, 15) is 9.50 Å². The molecule has 1 saturated heterocycles. The van der Waals surface area contributed by atoms with Gasteiger partial charge < -0.3 is 10.0 Å². The molecule has 18 heavy (non-hydrogen) atoms. The van der Waals surface area contributed by atoms with Crippen molar-refractivity contribution in [3.05, 3.63) is 35.6 Å². The SMILES string of the molecule is CN1CCN(CCc2ccc(F)cc2)C[C@H](O)C1. The summed E-state index contributed by atoms with van der Waals surface area (Å²) in [5.41, 5.74) is 1.14. The van der Waals surface area contributed by atoms with Crippen LogP contribution in [0.5, 0.6) is 0 Å². The summed E-state index contributed by atoms with van der Waals surface area (Å²) in [6, 6.07) is 6.66. The van der Waals surface area contributed by atoms with Gasteiger partial charge in [0.2, 0.25) is 0 Å². The molecular weight excluding hydrogens is 231 g/mol. The van der Waals surface area contributed by atoms with Gasteiger partial charge in [0.15, 0.2) is 0 Å². The molecule has 0 saturated carbocycles. The third-order valence-electron chi connectivity index (χ3n) is 3.42. The molecule has 1 fully saturated rings. The first kappa shape index (κ1) is 13.5. The van der Waals surface area contributed by atoms with E-state index in [1.54, 1.807) is 0 Å². The van der Waals surface area contributed by atoms with Crippen molar-refractivity contribution in [3.63, 3.8) is 0 Å². The molecule has 1 aliphatic rings. The Morgan fingerprint density at radius 2 is 1.94 bits per heavy atom. The molecule has 0 radical (unpaired) electrons. The molecule has 1 atom stereocenters. The lowest BCUT2D eigenvalue weighted by Gasteiger charge is -2.21. The quantitative estimate of drug-likeness (QED) is 0.868. The first-order chi connectivity index (χ1) is 8.63. The fourth-order valence-corrected chi connectivity index (χ4v) is 2.35. The normalized spacial score (nSPS) is 22.9. The van der Waals surface area contributed by atoms with Crippen LogP contribution in [0.3, 0.4) is 0 Å². The minimum Gasteiger partial charge on any atom is -0.390 e. The second-order valence-corrected chi connectivity index (χ2v) is 5.09. The number of aliphatic hydroxyl groups excluding tert-OH is 1. The third kappa shape index (κ3) is 4.05. The molecule has 1 aromatic rings. The topological polar surface area (TPSA) is 26.7 Å². The molecule has 1 aromatic carbocycles. The van der Waals surface area contributed by atoms with Gasteiger partial charge in [-0.15, -0.1) is 0 Å². The number of β-amino-alcohol motifs (C(OH)–C–C–N with tert-alkyl or cyclic N) is 1. The average molecular weight is 252 g/mol. The minimum absolute atomic E-state index is 0.189. The number of hydrogen-bond acceptors (Lipinski definition) is 3. The minimum atomic E-state index is -0.272. The van der Waals surface area contributed by atoms with Crippen LogP contribution in [0.4, 0.5) is 4.39 Å². The number of hydrogen-bond donors (Lipinski definition) is 1. The molecule has 0 aliphatic carbocycles. The number of halogens is 1. The van der Waals surface area contributed by atoms with Crippen molar-refractivity contribution in [1.82, 2.24) is 9.80 Å². The summed E-state index contributed by atoms with van der Waals surface area (Å²) in [6.07, 6.45) is 0.627. The molecule has 0 spiro atoms. The van der Waals surface area contributed by atoms with Gasteiger partial charge in [0, 0.05) is 32.7 Å². The van der Waals surface area contributed by atoms with Crippen molar-refractivity contribution >= 4 is 0 Å². The number of benzene rings is 1. The standard InChI is InChI=1S/C14H21FN2O/c1-16-8-9-17(11-14(18)10-16)7-6-12-2-4-13(15)5-3-12/h2-5,14,18H,6-11H2,1H3/t14-/m1/s1. The van der Waals surface area contributed by atoms with Gasteiger partial charge in [-0.2, -0.15) is 0 Å². The number of likely N-dealkylation sites (N-methyl/N-ethyl adjacent to an activating group) is 1. The molecule has 3 nitrogen and oxygen atoms in total. The maximum Gasteiger partial charge on any atom is 0.123 e. The number of nitrogens with zero attached hydrogens (tertiary/aromatic N) is 2. The zero-order chi connectivity index (χ0) is 13.0. The van der Waals surface area contributed by atoms with Crippen molar-refractivity contribution in [2.75, 3.05) is 39.8 Å². The summed E-state index contributed by atoms with van der Waals surface area (Å²) in [6.45, 7) is 4.35. The van der Waals surface area contributed by atoms with E-state index in [4.69, 9.17) is 0 Å². The molecule has 0 unspecified atom stereocenters. The first-order valence-electron chi connectivity index (χ1n) is 6.47. The lowest BCUT2D eigenvalue weighted by atomic mass is 10.1. The van der Waals surface area contributed by atoms with E-state index in [0.717, 1.165) is 44.7 Å². The van der Waals surface area contributed by atoms with E-state index >= 15 is 0 Å². The summed E-state index contributed by atoms with van der Waals surface area (Å²) in [5, 5.41) is 9.83. The summed E-state index contributed by atoms with van der Waals surface area (Å²) < 4.78 is 12.8. The van der Waals surface area contributed by atoms with Gasteiger partial charge in [-0.1, -0.05) is 12.1 Å². The van der Waals surface area contributed by atoms with Crippen LogP contribution in [0.25, 0.3) is 0 Å². The lowest BCUT2D eigenvalue weighted by Crippen LogP contribution is -2.34. The van der Waals surface area contributed by atoms with Gasteiger partial charge in [-0.25, -0.2) is 4.39 Å². The Kier molecular flexibility index (Phi) is 4.69. The summed E-state index contributed by atoms with van der Waals surface area (Å²) in [4.78, 5) is 4.43. The Bertz CT molecular complexity index is 369. The van der Waals surface area contributed by atoms with Crippen molar-refractivity contribution in [3.8, 4) is 0 Å². The highest BCUT2D eigenvalue weighted by Crippen LogP contribution is 2.07. The number of rotatable bonds is 3. The van der Waals surface area contributed by atoms with Gasteiger partial charge in [0.25, 0.3) is 0 Å². The Hall–Kier alpha value is -0.970. The van der Waals surface area contributed by atoms with Gasteiger partial charge in [-0.05, 0) is 31.2 Å². The predicted octanol–water partition coefficient (Wildman–Crippen LogP) is 0.976. The molecule has 0 bridgehead atoms. The highest BCUT2D eigenvalue weighted by molar-refractivity contribution is 5.16. The molecule has 1 heterocycles. The third-order valence-corrected chi connectivity index (χ3v) is 3.42. The number of aliphatic hydroxyl groups is 1. The zero-order valence-electron chi connectivity index (χ0n) is 10.8. The van der Waals surface area contributed by atoms with Crippen molar-refractivity contribution in [2.45, 2.75) is 12.5 Å². The molecule has 100 valence electrons. The van der Waals surface area contributed by atoms with Crippen LogP contribution in [0, 0.1) is 5.82 Å². The molecule has 0 aromatic heterocycles. The van der Waals surface area contributed by atoms with E-state index in [1.807, 2.05) is 19.2 Å². The molecule has 2 rings (SSSR count). The molecular formula is C14H21FN2O.